The van der Waals surface area contributed by atoms with Crippen LogP contribution in [-0.4, -0.2) is 47.6 Å². The average molecular weight is 417 g/mol. The Hall–Kier alpha value is -2.82. The van der Waals surface area contributed by atoms with Gasteiger partial charge in [0, 0.05) is 24.8 Å². The average Bonchev–Trinajstić information content (AvgIpc) is 3.20. The van der Waals surface area contributed by atoms with Crippen molar-refractivity contribution < 1.29 is 17.5 Å². The van der Waals surface area contributed by atoms with Crippen molar-refractivity contribution >= 4 is 15.8 Å². The van der Waals surface area contributed by atoms with Gasteiger partial charge in [-0.25, -0.2) is 17.8 Å². The molecule has 0 amide bonds. The molecule has 0 bridgehead atoms. The molecule has 0 saturated carbocycles. The Kier molecular flexibility index (Phi) is 5.07. The van der Waals surface area contributed by atoms with Crippen molar-refractivity contribution in [3.05, 3.63) is 59.8 Å². The second-order valence-electron chi connectivity index (χ2n) is 6.80. The zero-order valence-corrected chi connectivity index (χ0v) is 16.5. The van der Waals surface area contributed by atoms with Crippen LogP contribution >= 0.6 is 0 Å². The van der Waals surface area contributed by atoms with Crippen molar-refractivity contribution in [1.82, 2.24) is 19.5 Å². The lowest BCUT2D eigenvalue weighted by molar-refractivity contribution is -0.00465. The zero-order chi connectivity index (χ0) is 20.6. The van der Waals surface area contributed by atoms with E-state index in [9.17, 15) is 12.8 Å². The van der Waals surface area contributed by atoms with Crippen molar-refractivity contribution in [3.8, 4) is 11.1 Å². The van der Waals surface area contributed by atoms with E-state index >= 15 is 0 Å². The maximum atomic E-state index is 13.9. The van der Waals surface area contributed by atoms with Gasteiger partial charge < -0.3 is 10.5 Å². The number of sulfonamides is 1. The zero-order valence-electron chi connectivity index (χ0n) is 15.7. The molecule has 1 saturated heterocycles. The summed E-state index contributed by atoms with van der Waals surface area (Å²) in [4.78, 5) is 3.90. The van der Waals surface area contributed by atoms with Crippen molar-refractivity contribution in [2.45, 2.75) is 17.9 Å². The van der Waals surface area contributed by atoms with Gasteiger partial charge in [-0.05, 0) is 42.3 Å². The van der Waals surface area contributed by atoms with Gasteiger partial charge in [-0.1, -0.05) is 6.07 Å². The molecule has 1 atom stereocenters. The number of hydrogen-bond acceptors (Lipinski definition) is 6. The van der Waals surface area contributed by atoms with E-state index in [0.29, 0.717) is 17.1 Å². The van der Waals surface area contributed by atoms with E-state index in [1.165, 1.54) is 16.4 Å². The van der Waals surface area contributed by atoms with Gasteiger partial charge in [-0.3, -0.25) is 5.10 Å². The Labute approximate surface area is 167 Å². The molecule has 0 radical (unpaired) electrons. The SMILES string of the molecule is Cc1ccc(S(=O)(=O)N2CCO[C@@H](c3[nH]ncc3-c3ccnc(N)c3)C2)cc1F. The van der Waals surface area contributed by atoms with Gasteiger partial charge in [0.05, 0.1) is 23.4 Å². The molecule has 29 heavy (non-hydrogen) atoms. The summed E-state index contributed by atoms with van der Waals surface area (Å²) in [6.45, 7) is 2.05. The number of morpholine rings is 1. The minimum Gasteiger partial charge on any atom is -0.384 e. The molecule has 2 aromatic heterocycles. The van der Waals surface area contributed by atoms with Crippen LogP contribution in [-0.2, 0) is 14.8 Å². The van der Waals surface area contributed by atoms with Gasteiger partial charge in [-0.15, -0.1) is 0 Å². The molecule has 4 rings (SSSR count). The Bertz CT molecular complexity index is 1150. The van der Waals surface area contributed by atoms with Crippen LogP contribution in [0.2, 0.25) is 0 Å². The van der Waals surface area contributed by atoms with Crippen LogP contribution in [0.15, 0.2) is 47.6 Å². The van der Waals surface area contributed by atoms with E-state index < -0.39 is 21.9 Å². The summed E-state index contributed by atoms with van der Waals surface area (Å²) in [6.07, 6.45) is 2.67. The summed E-state index contributed by atoms with van der Waals surface area (Å²) in [5.74, 6) is -0.188. The number of ether oxygens (including phenoxy) is 1. The molecule has 0 spiro atoms. The van der Waals surface area contributed by atoms with Crippen molar-refractivity contribution in [3.63, 3.8) is 0 Å². The standard InChI is InChI=1S/C19H20FN5O3S/c1-12-2-3-14(9-16(12)20)29(26,27)25-6-7-28-17(11-25)19-15(10-23-24-19)13-4-5-22-18(21)8-13/h2-5,8-10,17H,6-7,11H2,1H3,(H2,21,22)(H,23,24)/t17-/m1/s1. The summed E-state index contributed by atoms with van der Waals surface area (Å²) in [7, 11) is -3.86. The number of aromatic nitrogens is 3. The van der Waals surface area contributed by atoms with Crippen LogP contribution in [0.25, 0.3) is 11.1 Å². The summed E-state index contributed by atoms with van der Waals surface area (Å²) in [5.41, 5.74) is 8.35. The molecule has 10 heteroatoms. The highest BCUT2D eigenvalue weighted by atomic mass is 32.2. The fourth-order valence-electron chi connectivity index (χ4n) is 3.29. The molecule has 3 heterocycles. The number of nitrogen functional groups attached to an aromatic ring is 1. The predicted octanol–water partition coefficient (Wildman–Crippen LogP) is 2.26. The second kappa shape index (κ2) is 7.54. The molecule has 1 fully saturated rings. The summed E-state index contributed by atoms with van der Waals surface area (Å²) in [6, 6.07) is 7.43. The molecule has 1 aliphatic rings. The molecule has 3 aromatic rings. The number of halogens is 1. The van der Waals surface area contributed by atoms with Gasteiger partial charge in [-0.2, -0.15) is 9.40 Å². The van der Waals surface area contributed by atoms with Crippen LogP contribution in [0.5, 0.6) is 0 Å². The lowest BCUT2D eigenvalue weighted by atomic mass is 10.0. The summed E-state index contributed by atoms with van der Waals surface area (Å²) in [5, 5.41) is 6.99. The van der Waals surface area contributed by atoms with Crippen molar-refractivity contribution in [2.24, 2.45) is 0 Å². The van der Waals surface area contributed by atoms with Crippen LogP contribution in [0.4, 0.5) is 10.2 Å². The Morgan fingerprint density at radius 1 is 1.31 bits per heavy atom. The first-order valence-electron chi connectivity index (χ1n) is 8.99. The first kappa shape index (κ1) is 19.5. The largest absolute Gasteiger partial charge is 0.384 e. The van der Waals surface area contributed by atoms with Crippen molar-refractivity contribution in [1.29, 1.82) is 0 Å². The first-order chi connectivity index (χ1) is 13.9. The fraction of sp³-hybridized carbons (Fsp3) is 0.263. The third-order valence-electron chi connectivity index (χ3n) is 4.89. The topological polar surface area (TPSA) is 114 Å². The third kappa shape index (κ3) is 3.74. The molecular weight excluding hydrogens is 397 g/mol. The highest BCUT2D eigenvalue weighted by molar-refractivity contribution is 7.89. The number of benzene rings is 1. The third-order valence-corrected chi connectivity index (χ3v) is 6.75. The molecule has 1 aliphatic heterocycles. The molecule has 0 aliphatic carbocycles. The number of nitrogens with one attached hydrogen (secondary N) is 1. The number of pyridine rings is 1. The minimum atomic E-state index is -3.86. The Morgan fingerprint density at radius 2 is 2.14 bits per heavy atom. The quantitative estimate of drug-likeness (QED) is 0.673. The number of rotatable bonds is 4. The predicted molar refractivity (Wildman–Crippen MR) is 105 cm³/mol. The monoisotopic (exact) mass is 417 g/mol. The van der Waals surface area contributed by atoms with Gasteiger partial charge >= 0.3 is 0 Å². The highest BCUT2D eigenvalue weighted by Gasteiger charge is 2.33. The van der Waals surface area contributed by atoms with Crippen LogP contribution in [0, 0.1) is 12.7 Å². The highest BCUT2D eigenvalue weighted by Crippen LogP contribution is 2.32. The van der Waals surface area contributed by atoms with E-state index in [4.69, 9.17) is 10.5 Å². The number of H-pyrrole nitrogens is 1. The number of hydrogen-bond donors (Lipinski definition) is 2. The molecule has 8 nitrogen and oxygen atoms in total. The van der Waals surface area contributed by atoms with E-state index in [1.807, 2.05) is 0 Å². The molecule has 1 aromatic carbocycles. The van der Waals surface area contributed by atoms with E-state index in [-0.39, 0.29) is 24.6 Å². The molecule has 0 unspecified atom stereocenters. The molecule has 152 valence electrons. The van der Waals surface area contributed by atoms with Gasteiger partial charge in [0.15, 0.2) is 0 Å². The first-order valence-corrected chi connectivity index (χ1v) is 10.4. The molecule has 3 N–H and O–H groups in total. The lowest BCUT2D eigenvalue weighted by Crippen LogP contribution is -2.42. The maximum absolute atomic E-state index is 13.9. The minimum absolute atomic E-state index is 0.0759. The lowest BCUT2D eigenvalue weighted by Gasteiger charge is -2.32. The van der Waals surface area contributed by atoms with Crippen LogP contribution in [0.3, 0.4) is 0 Å². The Morgan fingerprint density at radius 3 is 2.90 bits per heavy atom. The number of aromatic amines is 1. The number of aryl methyl sites for hydroxylation is 1. The normalized spacial score (nSPS) is 18.1. The number of anilines is 1. The van der Waals surface area contributed by atoms with Crippen LogP contribution < -0.4 is 5.73 Å². The van der Waals surface area contributed by atoms with Gasteiger partial charge in [0.2, 0.25) is 10.0 Å². The molecular formula is C19H20FN5O3S. The smallest absolute Gasteiger partial charge is 0.243 e. The van der Waals surface area contributed by atoms with Crippen molar-refractivity contribution in [2.75, 3.05) is 25.4 Å². The van der Waals surface area contributed by atoms with E-state index in [1.54, 1.807) is 31.5 Å². The van der Waals surface area contributed by atoms with Gasteiger partial charge in [0.1, 0.15) is 17.7 Å². The van der Waals surface area contributed by atoms with E-state index in [0.717, 1.165) is 17.2 Å². The Balaban J connectivity index is 1.63. The second-order valence-corrected chi connectivity index (χ2v) is 8.74. The van der Waals surface area contributed by atoms with Gasteiger partial charge in [0.25, 0.3) is 0 Å². The summed E-state index contributed by atoms with van der Waals surface area (Å²) < 4.78 is 47.1. The fourth-order valence-corrected chi connectivity index (χ4v) is 4.73. The number of nitrogens with two attached hydrogens (primary N) is 1. The van der Waals surface area contributed by atoms with Crippen LogP contribution in [0.1, 0.15) is 17.4 Å². The number of nitrogens with zero attached hydrogens (tertiary/aromatic N) is 3. The van der Waals surface area contributed by atoms with E-state index in [2.05, 4.69) is 15.2 Å². The maximum Gasteiger partial charge on any atom is 0.243 e. The summed E-state index contributed by atoms with van der Waals surface area (Å²) >= 11 is 0.